The number of anilines is 1. The first-order chi connectivity index (χ1) is 9.85. The standard InChI is InChI=1S/C13H17N3O5/c1-4-21-12(17)7-14-13(18)15-10-5-9(3)11(16(19)20)6-8(10)2/h5-6H,4,7H2,1-3H3,(H2,14,15,18). The molecule has 1 rings (SSSR count). The summed E-state index contributed by atoms with van der Waals surface area (Å²) in [6.45, 7) is 4.89. The van der Waals surface area contributed by atoms with E-state index in [0.717, 1.165) is 0 Å². The zero-order chi connectivity index (χ0) is 16.0. The lowest BCUT2D eigenvalue weighted by atomic mass is 10.1. The molecule has 8 heteroatoms. The molecule has 0 radical (unpaired) electrons. The van der Waals surface area contributed by atoms with Crippen LogP contribution < -0.4 is 10.6 Å². The van der Waals surface area contributed by atoms with Crippen LogP contribution in [0.5, 0.6) is 0 Å². The number of hydrogen-bond acceptors (Lipinski definition) is 5. The molecule has 114 valence electrons. The van der Waals surface area contributed by atoms with Crippen LogP contribution in [0.15, 0.2) is 12.1 Å². The van der Waals surface area contributed by atoms with Crippen LogP contribution in [-0.2, 0) is 9.53 Å². The molecule has 1 aromatic carbocycles. The van der Waals surface area contributed by atoms with E-state index >= 15 is 0 Å². The third-order valence-corrected chi connectivity index (χ3v) is 2.69. The number of hydrogen-bond donors (Lipinski definition) is 2. The fraction of sp³-hybridized carbons (Fsp3) is 0.385. The molecule has 0 aliphatic heterocycles. The average Bonchev–Trinajstić information content (AvgIpc) is 2.40. The number of nitrogens with one attached hydrogen (secondary N) is 2. The normalized spacial score (nSPS) is 9.86. The van der Waals surface area contributed by atoms with E-state index in [2.05, 4.69) is 15.4 Å². The van der Waals surface area contributed by atoms with Crippen molar-refractivity contribution in [1.29, 1.82) is 0 Å². The number of amides is 2. The predicted molar refractivity (Wildman–Crippen MR) is 76.2 cm³/mol. The number of carbonyl (C=O) groups is 2. The smallest absolute Gasteiger partial charge is 0.325 e. The molecular weight excluding hydrogens is 278 g/mol. The van der Waals surface area contributed by atoms with Gasteiger partial charge in [0.15, 0.2) is 0 Å². The zero-order valence-corrected chi connectivity index (χ0v) is 12.1. The first-order valence-electron chi connectivity index (χ1n) is 6.31. The van der Waals surface area contributed by atoms with Gasteiger partial charge in [0.25, 0.3) is 5.69 Å². The van der Waals surface area contributed by atoms with E-state index < -0.39 is 16.9 Å². The Bertz CT molecular complexity index is 571. The van der Waals surface area contributed by atoms with Gasteiger partial charge in [0.1, 0.15) is 6.54 Å². The summed E-state index contributed by atoms with van der Waals surface area (Å²) in [5.74, 6) is -0.538. The minimum Gasteiger partial charge on any atom is -0.465 e. The van der Waals surface area contributed by atoms with Gasteiger partial charge in [-0.3, -0.25) is 14.9 Å². The van der Waals surface area contributed by atoms with E-state index in [0.29, 0.717) is 16.8 Å². The maximum Gasteiger partial charge on any atom is 0.325 e. The molecule has 0 saturated carbocycles. The first-order valence-corrected chi connectivity index (χ1v) is 6.31. The van der Waals surface area contributed by atoms with Crippen LogP contribution in [0.2, 0.25) is 0 Å². The summed E-state index contributed by atoms with van der Waals surface area (Å²) in [7, 11) is 0. The number of esters is 1. The summed E-state index contributed by atoms with van der Waals surface area (Å²) in [5.41, 5.74) is 1.43. The maximum atomic E-state index is 11.6. The van der Waals surface area contributed by atoms with Crippen LogP contribution in [0.3, 0.4) is 0 Å². The minimum atomic E-state index is -0.584. The SMILES string of the molecule is CCOC(=O)CNC(=O)Nc1cc(C)c([N+](=O)[O-])cc1C. The van der Waals surface area contributed by atoms with Crippen LogP contribution in [0.25, 0.3) is 0 Å². The van der Waals surface area contributed by atoms with Crippen molar-refractivity contribution in [2.75, 3.05) is 18.5 Å². The van der Waals surface area contributed by atoms with Gasteiger partial charge in [0, 0.05) is 17.3 Å². The molecule has 8 nitrogen and oxygen atoms in total. The molecule has 0 bridgehead atoms. The molecule has 0 saturated heterocycles. The summed E-state index contributed by atoms with van der Waals surface area (Å²) in [5, 5.41) is 15.7. The van der Waals surface area contributed by atoms with Crippen LogP contribution in [0.4, 0.5) is 16.2 Å². The molecular formula is C13H17N3O5. The van der Waals surface area contributed by atoms with Crippen LogP contribution in [0.1, 0.15) is 18.1 Å². The molecule has 0 heterocycles. The van der Waals surface area contributed by atoms with E-state index in [1.807, 2.05) is 0 Å². The minimum absolute atomic E-state index is 0.00928. The molecule has 2 N–H and O–H groups in total. The highest BCUT2D eigenvalue weighted by Gasteiger charge is 2.14. The zero-order valence-electron chi connectivity index (χ0n) is 12.1. The van der Waals surface area contributed by atoms with Gasteiger partial charge in [-0.25, -0.2) is 4.79 Å². The number of ether oxygens (including phenoxy) is 1. The van der Waals surface area contributed by atoms with Gasteiger partial charge in [0.2, 0.25) is 0 Å². The number of nitrogens with zero attached hydrogens (tertiary/aromatic N) is 1. The number of carbonyl (C=O) groups excluding carboxylic acids is 2. The molecule has 0 aromatic heterocycles. The first kappa shape index (κ1) is 16.4. The van der Waals surface area contributed by atoms with Crippen LogP contribution >= 0.6 is 0 Å². The summed E-state index contributed by atoms with van der Waals surface area (Å²) in [4.78, 5) is 33.1. The van der Waals surface area contributed by atoms with Crippen LogP contribution in [0, 0.1) is 24.0 Å². The molecule has 21 heavy (non-hydrogen) atoms. The lowest BCUT2D eigenvalue weighted by Crippen LogP contribution is -2.34. The molecule has 0 aliphatic carbocycles. The summed E-state index contributed by atoms with van der Waals surface area (Å²) in [6.07, 6.45) is 0. The summed E-state index contributed by atoms with van der Waals surface area (Å²) >= 11 is 0. The van der Waals surface area contributed by atoms with E-state index in [1.165, 1.54) is 12.1 Å². The predicted octanol–water partition coefficient (Wildman–Crippen LogP) is 1.90. The van der Waals surface area contributed by atoms with Crippen molar-refractivity contribution in [2.45, 2.75) is 20.8 Å². The number of benzene rings is 1. The maximum absolute atomic E-state index is 11.6. The quantitative estimate of drug-likeness (QED) is 0.489. The Hall–Kier alpha value is -2.64. The molecule has 0 spiro atoms. The van der Waals surface area contributed by atoms with Gasteiger partial charge in [-0.15, -0.1) is 0 Å². The Labute approximate surface area is 121 Å². The Balaban J connectivity index is 2.71. The molecule has 0 fully saturated rings. The van der Waals surface area contributed by atoms with Gasteiger partial charge >= 0.3 is 12.0 Å². The van der Waals surface area contributed by atoms with Gasteiger partial charge in [-0.2, -0.15) is 0 Å². The summed E-state index contributed by atoms with van der Waals surface area (Å²) < 4.78 is 4.67. The molecule has 0 unspecified atom stereocenters. The second-order valence-corrected chi connectivity index (χ2v) is 4.32. The largest absolute Gasteiger partial charge is 0.465 e. The van der Waals surface area contributed by atoms with Crippen molar-refractivity contribution in [3.8, 4) is 0 Å². The summed E-state index contributed by atoms with van der Waals surface area (Å²) in [6, 6.07) is 2.31. The van der Waals surface area contributed by atoms with Crippen LogP contribution in [-0.4, -0.2) is 30.1 Å². The van der Waals surface area contributed by atoms with Crippen molar-refractivity contribution in [3.05, 3.63) is 33.4 Å². The van der Waals surface area contributed by atoms with Crippen molar-refractivity contribution in [1.82, 2.24) is 5.32 Å². The Morgan fingerprint density at radius 1 is 1.29 bits per heavy atom. The molecule has 0 atom stereocenters. The highest BCUT2D eigenvalue weighted by molar-refractivity contribution is 5.92. The number of urea groups is 1. The second-order valence-electron chi connectivity index (χ2n) is 4.32. The molecule has 0 aliphatic rings. The lowest BCUT2D eigenvalue weighted by Gasteiger charge is -2.10. The van der Waals surface area contributed by atoms with E-state index in [-0.39, 0.29) is 18.8 Å². The number of aryl methyl sites for hydroxylation is 2. The van der Waals surface area contributed by atoms with Crippen molar-refractivity contribution in [2.24, 2.45) is 0 Å². The number of rotatable bonds is 5. The molecule has 1 aromatic rings. The Morgan fingerprint density at radius 2 is 1.95 bits per heavy atom. The molecule has 2 amide bonds. The van der Waals surface area contributed by atoms with Crippen molar-refractivity contribution in [3.63, 3.8) is 0 Å². The fourth-order valence-corrected chi connectivity index (χ4v) is 1.66. The topological polar surface area (TPSA) is 111 Å². The third kappa shape index (κ3) is 4.75. The van der Waals surface area contributed by atoms with Gasteiger partial charge in [-0.05, 0) is 32.4 Å². The van der Waals surface area contributed by atoms with Crippen molar-refractivity contribution < 1.29 is 19.2 Å². The van der Waals surface area contributed by atoms with E-state index in [9.17, 15) is 19.7 Å². The van der Waals surface area contributed by atoms with E-state index in [1.54, 1.807) is 20.8 Å². The highest BCUT2D eigenvalue weighted by atomic mass is 16.6. The van der Waals surface area contributed by atoms with E-state index in [4.69, 9.17) is 0 Å². The highest BCUT2D eigenvalue weighted by Crippen LogP contribution is 2.25. The average molecular weight is 295 g/mol. The van der Waals surface area contributed by atoms with Crippen molar-refractivity contribution >= 4 is 23.4 Å². The fourth-order valence-electron chi connectivity index (χ4n) is 1.66. The number of nitro benzene ring substituents is 1. The Kier molecular flexibility index (Phi) is 5.65. The Morgan fingerprint density at radius 3 is 2.52 bits per heavy atom. The number of nitro groups is 1. The van der Waals surface area contributed by atoms with Gasteiger partial charge in [0.05, 0.1) is 11.5 Å². The monoisotopic (exact) mass is 295 g/mol. The lowest BCUT2D eigenvalue weighted by molar-refractivity contribution is -0.385. The van der Waals surface area contributed by atoms with Gasteiger partial charge < -0.3 is 15.4 Å². The van der Waals surface area contributed by atoms with Gasteiger partial charge in [-0.1, -0.05) is 0 Å². The second kappa shape index (κ2) is 7.22. The third-order valence-electron chi connectivity index (χ3n) is 2.69.